The quantitative estimate of drug-likeness (QED) is 0.930. The molecule has 0 bridgehead atoms. The van der Waals surface area contributed by atoms with Crippen molar-refractivity contribution in [1.82, 2.24) is 4.98 Å². The Kier molecular flexibility index (Phi) is 4.19. The van der Waals surface area contributed by atoms with Gasteiger partial charge in [0, 0.05) is 33.2 Å². The summed E-state index contributed by atoms with van der Waals surface area (Å²) in [7, 11) is 2.05. The number of aromatic nitrogens is 1. The number of nitrogens with zero attached hydrogens (tertiary/aromatic N) is 2. The summed E-state index contributed by atoms with van der Waals surface area (Å²) in [6, 6.07) is 2.14. The van der Waals surface area contributed by atoms with Crippen LogP contribution in [-0.2, 0) is 6.54 Å². The first-order chi connectivity index (χ1) is 8.06. The molecule has 17 heavy (non-hydrogen) atoms. The van der Waals surface area contributed by atoms with Gasteiger partial charge in [0.05, 0.1) is 12.2 Å². The summed E-state index contributed by atoms with van der Waals surface area (Å²) in [4.78, 5) is 7.99. The van der Waals surface area contributed by atoms with E-state index >= 15 is 0 Å². The van der Waals surface area contributed by atoms with Crippen LogP contribution in [-0.4, -0.2) is 12.0 Å². The highest BCUT2D eigenvalue weighted by Crippen LogP contribution is 2.26. The van der Waals surface area contributed by atoms with Crippen molar-refractivity contribution in [2.75, 3.05) is 11.9 Å². The van der Waals surface area contributed by atoms with Crippen LogP contribution in [0, 0.1) is 0 Å². The van der Waals surface area contributed by atoms with Gasteiger partial charge in [-0.15, -0.1) is 22.7 Å². The Bertz CT molecular complexity index is 492. The Hall–Kier alpha value is -0.430. The third kappa shape index (κ3) is 3.28. The van der Waals surface area contributed by atoms with Crippen LogP contribution < -0.4 is 10.6 Å². The fraction of sp³-hybridized carbons (Fsp3) is 0.364. The largest absolute Gasteiger partial charge is 0.346 e. The number of rotatable bonds is 4. The van der Waals surface area contributed by atoms with Crippen molar-refractivity contribution in [3.63, 3.8) is 0 Å². The fourth-order valence-corrected chi connectivity index (χ4v) is 3.80. The zero-order chi connectivity index (χ0) is 12.4. The molecule has 0 aliphatic heterocycles. The highest BCUT2D eigenvalue weighted by atomic mass is 79.9. The minimum Gasteiger partial charge on any atom is -0.346 e. The Labute approximate surface area is 117 Å². The van der Waals surface area contributed by atoms with Crippen LogP contribution >= 0.6 is 38.6 Å². The summed E-state index contributed by atoms with van der Waals surface area (Å²) in [5.74, 6) is 0. The molecule has 0 aliphatic rings. The van der Waals surface area contributed by atoms with Crippen LogP contribution in [0.5, 0.6) is 0 Å². The average molecular weight is 332 g/mol. The first-order valence-electron chi connectivity index (χ1n) is 5.21. The second-order valence-electron chi connectivity index (χ2n) is 3.93. The van der Waals surface area contributed by atoms with Gasteiger partial charge >= 0.3 is 0 Å². The number of thiazole rings is 1. The maximum absolute atomic E-state index is 5.80. The van der Waals surface area contributed by atoms with Crippen molar-refractivity contribution >= 4 is 43.7 Å². The SMILES string of the molecule is CC(N)c1csc(N(C)Cc2cc(Br)cs2)n1. The molecule has 0 aromatic carbocycles. The number of halogens is 1. The smallest absolute Gasteiger partial charge is 0.185 e. The van der Waals surface area contributed by atoms with Crippen LogP contribution in [0.25, 0.3) is 0 Å². The lowest BCUT2D eigenvalue weighted by Gasteiger charge is -2.14. The molecule has 0 saturated heterocycles. The second-order valence-corrected chi connectivity index (χ2v) is 6.68. The Morgan fingerprint density at radius 3 is 2.76 bits per heavy atom. The van der Waals surface area contributed by atoms with E-state index in [0.717, 1.165) is 21.8 Å². The summed E-state index contributed by atoms with van der Waals surface area (Å²) in [6.45, 7) is 2.83. The third-order valence-corrected chi connectivity index (χ3v) is 4.97. The monoisotopic (exact) mass is 331 g/mol. The van der Waals surface area contributed by atoms with E-state index < -0.39 is 0 Å². The molecule has 92 valence electrons. The van der Waals surface area contributed by atoms with Crippen molar-refractivity contribution in [3.8, 4) is 0 Å². The van der Waals surface area contributed by atoms with E-state index in [1.165, 1.54) is 4.88 Å². The normalized spacial score (nSPS) is 12.7. The second kappa shape index (κ2) is 5.48. The lowest BCUT2D eigenvalue weighted by molar-refractivity contribution is 0.784. The van der Waals surface area contributed by atoms with Crippen LogP contribution in [0.15, 0.2) is 21.3 Å². The van der Waals surface area contributed by atoms with Crippen molar-refractivity contribution < 1.29 is 0 Å². The Morgan fingerprint density at radius 2 is 2.24 bits per heavy atom. The standard InChI is InChI=1S/C11H14BrN3S2/c1-7(13)10-6-17-11(14-10)15(2)4-9-3-8(12)5-16-9/h3,5-7H,4,13H2,1-2H3. The molecule has 3 nitrogen and oxygen atoms in total. The summed E-state index contributed by atoms with van der Waals surface area (Å²) >= 11 is 6.85. The maximum Gasteiger partial charge on any atom is 0.185 e. The number of nitrogens with two attached hydrogens (primary N) is 1. The van der Waals surface area contributed by atoms with Crippen molar-refractivity contribution in [2.45, 2.75) is 19.5 Å². The van der Waals surface area contributed by atoms with Gasteiger partial charge < -0.3 is 10.6 Å². The van der Waals surface area contributed by atoms with Gasteiger partial charge in [-0.3, -0.25) is 0 Å². The molecule has 2 rings (SSSR count). The van der Waals surface area contributed by atoms with Crippen LogP contribution in [0.2, 0.25) is 0 Å². The lowest BCUT2D eigenvalue weighted by Crippen LogP contribution is -2.15. The molecule has 0 radical (unpaired) electrons. The fourth-order valence-electron chi connectivity index (χ4n) is 1.40. The van der Waals surface area contributed by atoms with E-state index in [1.807, 2.05) is 12.3 Å². The topological polar surface area (TPSA) is 42.1 Å². The predicted molar refractivity (Wildman–Crippen MR) is 78.8 cm³/mol. The molecule has 6 heteroatoms. The van der Waals surface area contributed by atoms with Gasteiger partial charge in [-0.05, 0) is 28.9 Å². The summed E-state index contributed by atoms with van der Waals surface area (Å²) in [5.41, 5.74) is 6.77. The molecule has 2 N–H and O–H groups in total. The number of anilines is 1. The minimum atomic E-state index is 0.00397. The molecule has 2 heterocycles. The summed E-state index contributed by atoms with van der Waals surface area (Å²) in [5, 5.41) is 5.14. The molecule has 0 aliphatic carbocycles. The van der Waals surface area contributed by atoms with Crippen LogP contribution in [0.4, 0.5) is 5.13 Å². The van der Waals surface area contributed by atoms with E-state index in [2.05, 4.69) is 44.3 Å². The first-order valence-corrected chi connectivity index (χ1v) is 7.76. The number of thiophene rings is 1. The molecule has 1 atom stereocenters. The van der Waals surface area contributed by atoms with Gasteiger partial charge in [-0.1, -0.05) is 0 Å². The van der Waals surface area contributed by atoms with Crippen LogP contribution in [0.1, 0.15) is 23.5 Å². The molecular weight excluding hydrogens is 318 g/mol. The van der Waals surface area contributed by atoms with E-state index in [4.69, 9.17) is 5.73 Å². The molecule has 0 saturated carbocycles. The van der Waals surface area contributed by atoms with Gasteiger partial charge in [0.15, 0.2) is 5.13 Å². The molecule has 1 unspecified atom stereocenters. The van der Waals surface area contributed by atoms with Crippen molar-refractivity contribution in [2.24, 2.45) is 5.73 Å². The van der Waals surface area contributed by atoms with Gasteiger partial charge in [-0.2, -0.15) is 0 Å². The summed E-state index contributed by atoms with van der Waals surface area (Å²) in [6.07, 6.45) is 0. The lowest BCUT2D eigenvalue weighted by atomic mass is 10.3. The molecule has 0 spiro atoms. The number of hydrogen-bond donors (Lipinski definition) is 1. The molecule has 0 fully saturated rings. The zero-order valence-corrected chi connectivity index (χ0v) is 12.9. The Morgan fingerprint density at radius 1 is 1.47 bits per heavy atom. The predicted octanol–water partition coefficient (Wildman–Crippen LogP) is 3.62. The molecule has 0 amide bonds. The van der Waals surface area contributed by atoms with Gasteiger partial charge in [0.1, 0.15) is 0 Å². The first kappa shape index (κ1) is 13.0. The highest BCUT2D eigenvalue weighted by molar-refractivity contribution is 9.10. The van der Waals surface area contributed by atoms with Crippen molar-refractivity contribution in [3.05, 3.63) is 31.9 Å². The molecule has 2 aromatic rings. The zero-order valence-electron chi connectivity index (χ0n) is 9.68. The van der Waals surface area contributed by atoms with Gasteiger partial charge in [0.2, 0.25) is 0 Å². The van der Waals surface area contributed by atoms with E-state index in [9.17, 15) is 0 Å². The molecule has 2 aromatic heterocycles. The maximum atomic E-state index is 5.80. The van der Waals surface area contributed by atoms with Crippen LogP contribution in [0.3, 0.4) is 0 Å². The third-order valence-electron chi connectivity index (χ3n) is 2.32. The average Bonchev–Trinajstić information content (AvgIpc) is 2.86. The van der Waals surface area contributed by atoms with Crippen molar-refractivity contribution in [1.29, 1.82) is 0 Å². The minimum absolute atomic E-state index is 0.00397. The number of hydrogen-bond acceptors (Lipinski definition) is 5. The van der Waals surface area contributed by atoms with Gasteiger partial charge in [0.25, 0.3) is 0 Å². The van der Waals surface area contributed by atoms with Gasteiger partial charge in [-0.25, -0.2) is 4.98 Å². The highest BCUT2D eigenvalue weighted by Gasteiger charge is 2.10. The summed E-state index contributed by atoms with van der Waals surface area (Å²) < 4.78 is 1.14. The van der Waals surface area contributed by atoms with E-state index in [0.29, 0.717) is 0 Å². The van der Waals surface area contributed by atoms with E-state index in [-0.39, 0.29) is 6.04 Å². The van der Waals surface area contributed by atoms with E-state index in [1.54, 1.807) is 22.7 Å². The molecular formula is C11H14BrN3S2. The Balaban J connectivity index is 2.06.